The first-order chi connectivity index (χ1) is 8.04. The van der Waals surface area contributed by atoms with Gasteiger partial charge in [0.25, 0.3) is 0 Å². The molecule has 0 bridgehead atoms. The maximum absolute atomic E-state index is 13.2. The average Bonchev–Trinajstić information content (AvgIpc) is 2.22. The summed E-state index contributed by atoms with van der Waals surface area (Å²) < 4.78 is 25.9. The first-order valence-electron chi connectivity index (χ1n) is 4.62. The number of nitrogens with two attached hydrogens (primary N) is 1. The van der Waals surface area contributed by atoms with Gasteiger partial charge in [-0.15, -0.1) is 0 Å². The molecule has 0 amide bonds. The summed E-state index contributed by atoms with van der Waals surface area (Å²) in [5, 5.41) is 10.4. The molecule has 1 rings (SSSR count). The van der Waals surface area contributed by atoms with E-state index in [0.29, 0.717) is 5.56 Å². The molecule has 4 N–H and O–H groups in total. The monoisotopic (exact) mass is 239 g/mol. The highest BCUT2D eigenvalue weighted by Gasteiger charge is 2.07. The number of aromatic nitrogens is 1. The quantitative estimate of drug-likeness (QED) is 0.417. The number of halogens is 2. The predicted molar refractivity (Wildman–Crippen MR) is 60.7 cm³/mol. The second-order valence-electron chi connectivity index (χ2n) is 3.13. The Morgan fingerprint density at radius 1 is 1.59 bits per heavy atom. The summed E-state index contributed by atoms with van der Waals surface area (Å²) in [5.74, 6) is -1.69. The van der Waals surface area contributed by atoms with Gasteiger partial charge >= 0.3 is 0 Å². The van der Waals surface area contributed by atoms with Crippen molar-refractivity contribution in [1.29, 1.82) is 5.41 Å². The fourth-order valence-corrected chi connectivity index (χ4v) is 1.06. The Morgan fingerprint density at radius 2 is 2.29 bits per heavy atom. The molecule has 0 saturated heterocycles. The summed E-state index contributed by atoms with van der Waals surface area (Å²) in [6.07, 6.45) is 3.38. The summed E-state index contributed by atoms with van der Waals surface area (Å²) in [5.41, 5.74) is 8.18. The van der Waals surface area contributed by atoms with Gasteiger partial charge in [0.15, 0.2) is 0 Å². The third-order valence-electron chi connectivity index (χ3n) is 1.84. The minimum Gasteiger partial charge on any atom is -0.384 e. The van der Waals surface area contributed by atoms with E-state index in [0.717, 1.165) is 18.5 Å². The van der Waals surface area contributed by atoms with E-state index in [1.807, 2.05) is 0 Å². The molecule has 5 nitrogen and oxygen atoms in total. The van der Waals surface area contributed by atoms with Gasteiger partial charge in [0.2, 0.25) is 11.9 Å². The zero-order valence-corrected chi connectivity index (χ0v) is 9.04. The van der Waals surface area contributed by atoms with Gasteiger partial charge < -0.3 is 11.1 Å². The van der Waals surface area contributed by atoms with E-state index in [-0.39, 0.29) is 11.4 Å². The van der Waals surface area contributed by atoms with Crippen LogP contribution in [-0.2, 0) is 0 Å². The molecule has 0 saturated carbocycles. The van der Waals surface area contributed by atoms with Gasteiger partial charge in [-0.25, -0.2) is 0 Å². The van der Waals surface area contributed by atoms with Gasteiger partial charge in [0, 0.05) is 6.21 Å². The molecule has 7 heteroatoms. The third-order valence-corrected chi connectivity index (χ3v) is 1.84. The molecule has 0 spiro atoms. The molecule has 1 heterocycles. The van der Waals surface area contributed by atoms with Crippen LogP contribution in [0.1, 0.15) is 11.1 Å². The summed E-state index contributed by atoms with van der Waals surface area (Å²) >= 11 is 0. The summed E-state index contributed by atoms with van der Waals surface area (Å²) in [7, 11) is 0. The molecule has 0 aliphatic heterocycles. The summed E-state index contributed by atoms with van der Waals surface area (Å²) in [6.45, 7) is 1.53. The van der Waals surface area contributed by atoms with Crippen LogP contribution in [-0.4, -0.2) is 17.4 Å². The van der Waals surface area contributed by atoms with Crippen molar-refractivity contribution in [2.24, 2.45) is 10.8 Å². The topological polar surface area (TPSA) is 87.2 Å². The number of hydrazone groups is 1. The Bertz CT molecular complexity index is 459. The maximum Gasteiger partial charge on any atom is 0.224 e. The largest absolute Gasteiger partial charge is 0.384 e. The number of hydrogen-bond acceptors (Lipinski definition) is 5. The predicted octanol–water partition coefficient (Wildman–Crippen LogP) is 1.04. The summed E-state index contributed by atoms with van der Waals surface area (Å²) in [4.78, 5) is 3.03. The van der Waals surface area contributed by atoms with Crippen molar-refractivity contribution in [1.82, 2.24) is 10.4 Å². The Hall–Kier alpha value is -2.31. The lowest BCUT2D eigenvalue weighted by atomic mass is 10.2. The van der Waals surface area contributed by atoms with E-state index in [4.69, 9.17) is 11.1 Å². The lowest BCUT2D eigenvalue weighted by Gasteiger charge is -2.02. The Balaban J connectivity index is 2.85. The van der Waals surface area contributed by atoms with Gasteiger partial charge in [0.05, 0.1) is 11.8 Å². The van der Waals surface area contributed by atoms with Gasteiger partial charge in [-0.1, -0.05) is 0 Å². The van der Waals surface area contributed by atoms with Crippen LogP contribution in [0.3, 0.4) is 0 Å². The fraction of sp³-hybridized carbons (Fsp3) is 0.100. The normalized spacial score (nSPS) is 11.8. The molecule has 1 aromatic rings. The highest BCUT2D eigenvalue weighted by molar-refractivity contribution is 5.81. The number of rotatable bonds is 4. The number of pyridine rings is 1. The van der Waals surface area contributed by atoms with E-state index in [9.17, 15) is 8.78 Å². The fourth-order valence-electron chi connectivity index (χ4n) is 1.06. The molecule has 90 valence electrons. The average molecular weight is 239 g/mol. The molecule has 0 unspecified atom stereocenters. The van der Waals surface area contributed by atoms with Gasteiger partial charge in [-0.3, -0.25) is 5.43 Å². The molecular weight excluding hydrogens is 228 g/mol. The van der Waals surface area contributed by atoms with E-state index in [2.05, 4.69) is 15.5 Å². The zero-order valence-electron chi connectivity index (χ0n) is 9.04. The molecule has 0 aliphatic rings. The third kappa shape index (κ3) is 3.63. The molecular formula is C10H11F2N5. The highest BCUT2D eigenvalue weighted by Crippen LogP contribution is 2.09. The van der Waals surface area contributed by atoms with Gasteiger partial charge in [-0.05, 0) is 24.6 Å². The first-order valence-corrected chi connectivity index (χ1v) is 4.62. The van der Waals surface area contributed by atoms with Crippen molar-refractivity contribution < 1.29 is 8.78 Å². The second-order valence-corrected chi connectivity index (χ2v) is 3.13. The van der Waals surface area contributed by atoms with Crippen molar-refractivity contribution >= 4 is 12.4 Å². The van der Waals surface area contributed by atoms with Crippen LogP contribution in [0, 0.1) is 24.2 Å². The molecule has 0 aliphatic carbocycles. The van der Waals surface area contributed by atoms with Crippen molar-refractivity contribution in [3.63, 3.8) is 0 Å². The van der Waals surface area contributed by atoms with Crippen molar-refractivity contribution in [3.8, 4) is 0 Å². The minimum absolute atomic E-state index is 0.0709. The van der Waals surface area contributed by atoms with Crippen LogP contribution >= 0.6 is 0 Å². The number of nitrogens with one attached hydrogen (secondary N) is 2. The van der Waals surface area contributed by atoms with Gasteiger partial charge in [0.1, 0.15) is 5.82 Å². The van der Waals surface area contributed by atoms with Crippen molar-refractivity contribution in [2.45, 2.75) is 6.92 Å². The lowest BCUT2D eigenvalue weighted by Crippen LogP contribution is -2.14. The van der Waals surface area contributed by atoms with E-state index in [1.165, 1.54) is 13.0 Å². The number of allylic oxidation sites excluding steroid dienone is 1. The van der Waals surface area contributed by atoms with E-state index in [1.54, 1.807) is 0 Å². The Labute approximate surface area is 96.6 Å². The maximum atomic E-state index is 13.2. The SMILES string of the molecule is Cc1cc(F)nc(F)c1/C=N/N/C(N)=C/C=N. The van der Waals surface area contributed by atoms with Crippen LogP contribution in [0.5, 0.6) is 0 Å². The van der Waals surface area contributed by atoms with Crippen LogP contribution in [0.15, 0.2) is 23.1 Å². The molecule has 0 aromatic carbocycles. The van der Waals surface area contributed by atoms with Gasteiger partial charge in [-0.2, -0.15) is 18.9 Å². The Morgan fingerprint density at radius 3 is 2.88 bits per heavy atom. The Kier molecular flexibility index (Phi) is 4.27. The highest BCUT2D eigenvalue weighted by atomic mass is 19.1. The first kappa shape index (κ1) is 12.8. The smallest absolute Gasteiger partial charge is 0.224 e. The zero-order chi connectivity index (χ0) is 12.8. The van der Waals surface area contributed by atoms with Crippen LogP contribution in [0.25, 0.3) is 0 Å². The minimum atomic E-state index is -0.942. The van der Waals surface area contributed by atoms with Crippen LogP contribution < -0.4 is 11.2 Å². The van der Waals surface area contributed by atoms with E-state index < -0.39 is 11.9 Å². The lowest BCUT2D eigenvalue weighted by molar-refractivity contribution is 0.509. The van der Waals surface area contributed by atoms with E-state index >= 15 is 0 Å². The molecule has 0 radical (unpaired) electrons. The van der Waals surface area contributed by atoms with Crippen molar-refractivity contribution in [2.75, 3.05) is 0 Å². The molecule has 0 fully saturated rings. The molecule has 1 aromatic heterocycles. The molecule has 17 heavy (non-hydrogen) atoms. The second kappa shape index (κ2) is 5.69. The summed E-state index contributed by atoms with van der Waals surface area (Å²) in [6, 6.07) is 1.10. The van der Waals surface area contributed by atoms with Crippen molar-refractivity contribution in [3.05, 3.63) is 41.0 Å². The molecule has 0 atom stereocenters. The van der Waals surface area contributed by atoms with Crippen LogP contribution in [0.4, 0.5) is 8.78 Å². The number of hydrogen-bond donors (Lipinski definition) is 3. The standard InChI is InChI=1S/C10H11F2N5/c1-6-4-8(11)16-10(12)7(6)5-15-17-9(14)2-3-13/h2-5,13,17H,14H2,1H3/b9-2+,13-3?,15-5+. The number of aryl methyl sites for hydroxylation is 1. The van der Waals surface area contributed by atoms with Crippen LogP contribution in [0.2, 0.25) is 0 Å². The number of nitrogens with zero attached hydrogens (tertiary/aromatic N) is 2.